The summed E-state index contributed by atoms with van der Waals surface area (Å²) in [7, 11) is -4.02. The van der Waals surface area contributed by atoms with E-state index in [4.69, 9.17) is 4.55 Å². The molecule has 13 heavy (non-hydrogen) atoms. The maximum absolute atomic E-state index is 10.5. The Balaban J connectivity index is 0. The molecule has 0 heterocycles. The minimum absolute atomic E-state index is 0. The van der Waals surface area contributed by atoms with Gasteiger partial charge in [0.2, 0.25) is 0 Å². The minimum Gasteiger partial charge on any atom is -0.358 e. The van der Waals surface area contributed by atoms with Gasteiger partial charge in [0.15, 0.2) is 0 Å². The van der Waals surface area contributed by atoms with Crippen molar-refractivity contribution in [1.29, 1.82) is 0 Å². The minimum atomic E-state index is -4.02. The van der Waals surface area contributed by atoms with Crippen LogP contribution in [-0.4, -0.2) is 36.0 Å². The Morgan fingerprint density at radius 1 is 1.15 bits per heavy atom. The topological polar surface area (TPSA) is 54.4 Å². The zero-order valence-electron chi connectivity index (χ0n) is 7.69. The zero-order valence-corrected chi connectivity index (χ0v) is 9.92. The molecule has 5 heteroatoms. The number of benzene rings is 1. The summed E-state index contributed by atoms with van der Waals surface area (Å²) in [6.45, 7) is 1.84. The second-order valence-corrected chi connectivity index (χ2v) is 3.71. The molecule has 0 saturated carbocycles. The Labute approximate surface area is 95.1 Å². The summed E-state index contributed by atoms with van der Waals surface area (Å²) in [6.07, 6.45) is 0. The first-order valence-electron chi connectivity index (χ1n) is 3.04. The van der Waals surface area contributed by atoms with E-state index >= 15 is 0 Å². The van der Waals surface area contributed by atoms with Crippen LogP contribution in [0.25, 0.3) is 0 Å². The Kier molecular flexibility index (Phi) is 6.61. The molecule has 0 spiro atoms. The van der Waals surface area contributed by atoms with Crippen LogP contribution in [0.1, 0.15) is 5.56 Å². The summed E-state index contributed by atoms with van der Waals surface area (Å²) in [5.74, 6) is 0. The van der Waals surface area contributed by atoms with Crippen molar-refractivity contribution in [2.75, 3.05) is 0 Å². The summed E-state index contributed by atoms with van der Waals surface area (Å²) in [4.78, 5) is -0.0666. The van der Waals surface area contributed by atoms with Crippen molar-refractivity contribution >= 4 is 33.2 Å². The molecule has 0 amide bonds. The molecule has 1 N–H and O–H groups in total. The molecule has 0 bridgehead atoms. The molecule has 1 aromatic carbocycles. The van der Waals surface area contributed by atoms with Gasteiger partial charge < -0.3 is 7.43 Å². The standard InChI is InChI=1S/C7H8O3S.CH3.Mg/c1-6-2-4-7(5-3-6)11(8,9)10;;/h2-5H,1H3,(H,8,9,10);1H3;/q;-1;+2. The predicted molar refractivity (Wildman–Crippen MR) is 53.2 cm³/mol. The van der Waals surface area contributed by atoms with Crippen LogP contribution >= 0.6 is 0 Å². The fourth-order valence-electron chi connectivity index (χ4n) is 0.710. The molecule has 0 aliphatic carbocycles. The maximum atomic E-state index is 10.5. The van der Waals surface area contributed by atoms with Gasteiger partial charge in [-0.25, -0.2) is 0 Å². The van der Waals surface area contributed by atoms with Gasteiger partial charge in [0.1, 0.15) is 0 Å². The zero-order chi connectivity index (χ0) is 8.48. The van der Waals surface area contributed by atoms with E-state index in [9.17, 15) is 8.42 Å². The summed E-state index contributed by atoms with van der Waals surface area (Å²) >= 11 is 0. The third-order valence-electron chi connectivity index (χ3n) is 1.32. The first-order valence-corrected chi connectivity index (χ1v) is 4.48. The van der Waals surface area contributed by atoms with Gasteiger partial charge in [-0.2, -0.15) is 8.42 Å². The monoisotopic (exact) mass is 211 g/mol. The van der Waals surface area contributed by atoms with Crippen molar-refractivity contribution in [2.24, 2.45) is 0 Å². The van der Waals surface area contributed by atoms with E-state index in [1.54, 1.807) is 12.1 Å². The normalized spacial score (nSPS) is 9.69. The quantitative estimate of drug-likeness (QED) is 0.433. The Hall–Kier alpha value is -0.104. The Bertz CT molecular complexity index is 342. The van der Waals surface area contributed by atoms with Crippen LogP contribution in [0.2, 0.25) is 0 Å². The molecule has 0 unspecified atom stereocenters. The molecule has 0 radical (unpaired) electrons. The van der Waals surface area contributed by atoms with E-state index in [-0.39, 0.29) is 35.4 Å². The average molecular weight is 212 g/mol. The van der Waals surface area contributed by atoms with Crippen LogP contribution in [0.4, 0.5) is 0 Å². The number of hydrogen-bond acceptors (Lipinski definition) is 2. The fraction of sp³-hybridized carbons (Fsp3) is 0.125. The molecule has 0 aliphatic heterocycles. The second kappa shape index (κ2) is 5.59. The molecule has 0 aromatic heterocycles. The average Bonchev–Trinajstić information content (AvgIpc) is 1.86. The summed E-state index contributed by atoms with van der Waals surface area (Å²) < 4.78 is 29.6. The number of rotatable bonds is 1. The first-order chi connectivity index (χ1) is 5.00. The van der Waals surface area contributed by atoms with Crippen LogP contribution in [0.3, 0.4) is 0 Å². The van der Waals surface area contributed by atoms with E-state index in [2.05, 4.69) is 0 Å². The van der Waals surface area contributed by atoms with Gasteiger partial charge in [-0.3, -0.25) is 4.55 Å². The molecule has 0 atom stereocenters. The van der Waals surface area contributed by atoms with Crippen molar-refractivity contribution in [1.82, 2.24) is 0 Å². The molecule has 0 aliphatic rings. The summed E-state index contributed by atoms with van der Waals surface area (Å²) in [5.41, 5.74) is 0.956. The summed E-state index contributed by atoms with van der Waals surface area (Å²) in [6, 6.07) is 5.99. The largest absolute Gasteiger partial charge is 2.00 e. The van der Waals surface area contributed by atoms with E-state index < -0.39 is 10.1 Å². The van der Waals surface area contributed by atoms with Gasteiger partial charge in [-0.15, -0.1) is 0 Å². The van der Waals surface area contributed by atoms with Crippen LogP contribution in [-0.2, 0) is 10.1 Å². The van der Waals surface area contributed by atoms with Crippen LogP contribution in [0.15, 0.2) is 29.2 Å². The molecular formula is C8H11MgO3S+. The molecular weight excluding hydrogens is 200 g/mol. The van der Waals surface area contributed by atoms with Gasteiger partial charge in [0, 0.05) is 0 Å². The molecule has 1 rings (SSSR count). The molecule has 3 nitrogen and oxygen atoms in total. The van der Waals surface area contributed by atoms with Crippen molar-refractivity contribution in [3.05, 3.63) is 37.3 Å². The van der Waals surface area contributed by atoms with Crippen molar-refractivity contribution in [2.45, 2.75) is 11.8 Å². The fourth-order valence-corrected chi connectivity index (χ4v) is 1.19. The molecule has 1 aromatic rings. The SMILES string of the molecule is Cc1ccc(S(=O)(=O)O)cc1.[CH3-].[Mg+2]. The van der Waals surface area contributed by atoms with Crippen molar-refractivity contribution in [3.63, 3.8) is 0 Å². The van der Waals surface area contributed by atoms with Crippen LogP contribution < -0.4 is 0 Å². The summed E-state index contributed by atoms with van der Waals surface area (Å²) in [5, 5.41) is 0. The maximum Gasteiger partial charge on any atom is 2.00 e. The van der Waals surface area contributed by atoms with Gasteiger partial charge in [0.05, 0.1) is 4.90 Å². The van der Waals surface area contributed by atoms with Gasteiger partial charge in [-0.1, -0.05) is 17.7 Å². The number of aryl methyl sites for hydroxylation is 1. The number of hydrogen-bond donors (Lipinski definition) is 1. The third-order valence-corrected chi connectivity index (χ3v) is 2.19. The third kappa shape index (κ3) is 4.61. The second-order valence-electron chi connectivity index (χ2n) is 2.29. The van der Waals surface area contributed by atoms with E-state index in [1.807, 2.05) is 6.92 Å². The van der Waals surface area contributed by atoms with Gasteiger partial charge in [-0.05, 0) is 19.1 Å². The van der Waals surface area contributed by atoms with E-state index in [0.717, 1.165) is 5.56 Å². The first kappa shape index (κ1) is 15.4. The van der Waals surface area contributed by atoms with Crippen molar-refractivity contribution < 1.29 is 13.0 Å². The Morgan fingerprint density at radius 3 is 1.85 bits per heavy atom. The van der Waals surface area contributed by atoms with E-state index in [0.29, 0.717) is 0 Å². The molecule has 0 fully saturated rings. The van der Waals surface area contributed by atoms with Gasteiger partial charge in [0.25, 0.3) is 10.1 Å². The Morgan fingerprint density at radius 2 is 1.54 bits per heavy atom. The van der Waals surface area contributed by atoms with Crippen molar-refractivity contribution in [3.8, 4) is 0 Å². The predicted octanol–water partition coefficient (Wildman–Crippen LogP) is 1.31. The molecule has 0 saturated heterocycles. The van der Waals surface area contributed by atoms with E-state index in [1.165, 1.54) is 12.1 Å². The molecule has 68 valence electrons. The van der Waals surface area contributed by atoms with Gasteiger partial charge >= 0.3 is 23.1 Å². The van der Waals surface area contributed by atoms with Crippen LogP contribution in [0.5, 0.6) is 0 Å². The smallest absolute Gasteiger partial charge is 0.358 e. The van der Waals surface area contributed by atoms with Crippen LogP contribution in [0, 0.1) is 14.4 Å².